The van der Waals surface area contributed by atoms with E-state index in [1.165, 1.54) is 5.56 Å². The largest absolute Gasteiger partial charge is 0.454 e. The lowest BCUT2D eigenvalue weighted by Gasteiger charge is -2.35. The number of benzene rings is 2. The third-order valence-corrected chi connectivity index (χ3v) is 6.39. The standard InChI is InChI=1S/C26H25N5O4/c32-24(30-13-11-29(12-14-30)16-19-5-2-1-3-6-19)17-31-10-4-7-21(31)26-27-25(28-35-26)20-8-9-22-23(15-20)34-18-33-22/h1-10,15H,11-14,16-18H2. The van der Waals surface area contributed by atoms with E-state index in [1.54, 1.807) is 0 Å². The molecule has 0 saturated carbocycles. The molecule has 0 atom stereocenters. The minimum Gasteiger partial charge on any atom is -0.454 e. The molecule has 2 aromatic carbocycles. The van der Waals surface area contributed by atoms with Gasteiger partial charge in [0.15, 0.2) is 11.5 Å². The molecule has 1 saturated heterocycles. The van der Waals surface area contributed by atoms with Gasteiger partial charge in [0, 0.05) is 44.5 Å². The molecule has 2 aromatic heterocycles. The van der Waals surface area contributed by atoms with Crippen LogP contribution in [0.5, 0.6) is 11.5 Å². The van der Waals surface area contributed by atoms with Crippen LogP contribution in [0.15, 0.2) is 71.4 Å². The molecule has 0 bridgehead atoms. The number of carbonyl (C=O) groups is 1. The number of hydrogen-bond donors (Lipinski definition) is 0. The summed E-state index contributed by atoms with van der Waals surface area (Å²) in [6.07, 6.45) is 1.86. The summed E-state index contributed by atoms with van der Waals surface area (Å²) in [5.74, 6) is 2.25. The second-order valence-electron chi connectivity index (χ2n) is 8.66. The van der Waals surface area contributed by atoms with Gasteiger partial charge in [-0.25, -0.2) is 0 Å². The van der Waals surface area contributed by atoms with Crippen molar-refractivity contribution in [3.05, 3.63) is 72.4 Å². The molecule has 4 aromatic rings. The third-order valence-electron chi connectivity index (χ3n) is 6.39. The van der Waals surface area contributed by atoms with Gasteiger partial charge in [0.05, 0.1) is 0 Å². The molecule has 2 aliphatic rings. The van der Waals surface area contributed by atoms with E-state index in [0.717, 1.165) is 38.3 Å². The molecule has 0 radical (unpaired) electrons. The summed E-state index contributed by atoms with van der Waals surface area (Å²) in [7, 11) is 0. The molecule has 0 spiro atoms. The van der Waals surface area contributed by atoms with Crippen LogP contribution in [-0.2, 0) is 17.9 Å². The van der Waals surface area contributed by atoms with Crippen LogP contribution >= 0.6 is 0 Å². The lowest BCUT2D eigenvalue weighted by molar-refractivity contribution is -0.133. The lowest BCUT2D eigenvalue weighted by atomic mass is 10.2. The highest BCUT2D eigenvalue weighted by molar-refractivity contribution is 5.77. The number of piperazine rings is 1. The van der Waals surface area contributed by atoms with Crippen molar-refractivity contribution in [2.75, 3.05) is 33.0 Å². The van der Waals surface area contributed by atoms with Crippen molar-refractivity contribution in [3.63, 3.8) is 0 Å². The summed E-state index contributed by atoms with van der Waals surface area (Å²) in [6.45, 7) is 4.51. The Bertz CT molecular complexity index is 1320. The number of nitrogens with zero attached hydrogens (tertiary/aromatic N) is 5. The van der Waals surface area contributed by atoms with Crippen LogP contribution in [0.3, 0.4) is 0 Å². The lowest BCUT2D eigenvalue weighted by Crippen LogP contribution is -2.49. The molecule has 1 fully saturated rings. The van der Waals surface area contributed by atoms with Crippen molar-refractivity contribution in [3.8, 4) is 34.5 Å². The first-order chi connectivity index (χ1) is 17.2. The van der Waals surface area contributed by atoms with Crippen molar-refractivity contribution in [1.82, 2.24) is 24.5 Å². The zero-order chi connectivity index (χ0) is 23.6. The third kappa shape index (κ3) is 4.50. The van der Waals surface area contributed by atoms with Crippen LogP contribution < -0.4 is 9.47 Å². The molecule has 9 nitrogen and oxygen atoms in total. The van der Waals surface area contributed by atoms with Crippen molar-refractivity contribution in [2.45, 2.75) is 13.1 Å². The van der Waals surface area contributed by atoms with Gasteiger partial charge >= 0.3 is 0 Å². The average molecular weight is 472 g/mol. The van der Waals surface area contributed by atoms with Gasteiger partial charge in [-0.2, -0.15) is 4.98 Å². The fourth-order valence-electron chi connectivity index (χ4n) is 4.47. The van der Waals surface area contributed by atoms with Crippen molar-refractivity contribution >= 4 is 5.91 Å². The van der Waals surface area contributed by atoms with E-state index >= 15 is 0 Å². The smallest absolute Gasteiger partial charge is 0.274 e. The topological polar surface area (TPSA) is 85.9 Å². The molecule has 0 aliphatic carbocycles. The maximum atomic E-state index is 13.0. The van der Waals surface area contributed by atoms with Gasteiger partial charge in [-0.05, 0) is 35.9 Å². The summed E-state index contributed by atoms with van der Waals surface area (Å²) >= 11 is 0. The van der Waals surface area contributed by atoms with Crippen LogP contribution in [0.4, 0.5) is 0 Å². The van der Waals surface area contributed by atoms with Gasteiger partial charge in [-0.15, -0.1) is 0 Å². The number of amides is 1. The van der Waals surface area contributed by atoms with Crippen LogP contribution in [0.25, 0.3) is 23.0 Å². The first-order valence-electron chi connectivity index (χ1n) is 11.7. The van der Waals surface area contributed by atoms with E-state index in [4.69, 9.17) is 14.0 Å². The number of fused-ring (bicyclic) bond motifs is 1. The molecular formula is C26H25N5O4. The van der Waals surface area contributed by atoms with Gasteiger partial charge in [0.25, 0.3) is 5.89 Å². The molecule has 2 aliphatic heterocycles. The van der Waals surface area contributed by atoms with E-state index in [0.29, 0.717) is 28.9 Å². The number of aromatic nitrogens is 3. The Morgan fingerprint density at radius 1 is 0.914 bits per heavy atom. The quantitative estimate of drug-likeness (QED) is 0.427. The molecule has 35 heavy (non-hydrogen) atoms. The maximum absolute atomic E-state index is 13.0. The fraction of sp³-hybridized carbons (Fsp3) is 0.269. The second-order valence-corrected chi connectivity index (χ2v) is 8.66. The van der Waals surface area contributed by atoms with Crippen LogP contribution in [0.2, 0.25) is 0 Å². The van der Waals surface area contributed by atoms with Crippen molar-refractivity contribution < 1.29 is 18.8 Å². The molecule has 4 heterocycles. The average Bonchev–Trinajstić information content (AvgIpc) is 3.65. The summed E-state index contributed by atoms with van der Waals surface area (Å²) in [4.78, 5) is 21.9. The number of ether oxygens (including phenoxy) is 2. The SMILES string of the molecule is O=C(Cn1cccc1-c1nc(-c2ccc3c(c2)OCO3)no1)N1CCN(Cc2ccccc2)CC1. The van der Waals surface area contributed by atoms with Crippen LogP contribution in [0, 0.1) is 0 Å². The Hall–Kier alpha value is -4.11. The molecule has 0 N–H and O–H groups in total. The number of hydrogen-bond acceptors (Lipinski definition) is 7. The van der Waals surface area contributed by atoms with Gasteiger partial charge < -0.3 is 23.5 Å². The van der Waals surface area contributed by atoms with Crippen molar-refractivity contribution in [1.29, 1.82) is 0 Å². The van der Waals surface area contributed by atoms with Crippen LogP contribution in [0.1, 0.15) is 5.56 Å². The van der Waals surface area contributed by atoms with Gasteiger partial charge in [0.1, 0.15) is 12.2 Å². The van der Waals surface area contributed by atoms with E-state index in [-0.39, 0.29) is 19.2 Å². The Labute approximate surface area is 202 Å². The normalized spacial score (nSPS) is 15.5. The second kappa shape index (κ2) is 9.27. The zero-order valence-corrected chi connectivity index (χ0v) is 19.2. The van der Waals surface area contributed by atoms with E-state index in [9.17, 15) is 4.79 Å². The summed E-state index contributed by atoms with van der Waals surface area (Å²) in [5, 5.41) is 4.12. The number of rotatable bonds is 6. The fourth-order valence-corrected chi connectivity index (χ4v) is 4.47. The molecule has 6 rings (SSSR count). The predicted octanol–water partition coefficient (Wildman–Crippen LogP) is 3.28. The van der Waals surface area contributed by atoms with Crippen molar-refractivity contribution in [2.24, 2.45) is 0 Å². The molecule has 0 unspecified atom stereocenters. The molecular weight excluding hydrogens is 446 g/mol. The van der Waals surface area contributed by atoms with Crippen LogP contribution in [-0.4, -0.2) is 63.4 Å². The number of carbonyl (C=O) groups excluding carboxylic acids is 1. The summed E-state index contributed by atoms with van der Waals surface area (Å²) in [6, 6.07) is 19.7. The Morgan fingerprint density at radius 3 is 2.60 bits per heavy atom. The Balaban J connectivity index is 1.09. The minimum atomic E-state index is 0.0809. The molecule has 178 valence electrons. The highest BCUT2D eigenvalue weighted by Crippen LogP contribution is 2.35. The predicted molar refractivity (Wildman–Crippen MR) is 128 cm³/mol. The van der Waals surface area contributed by atoms with E-state index in [1.807, 2.05) is 52.1 Å². The highest BCUT2D eigenvalue weighted by Gasteiger charge is 2.23. The summed E-state index contributed by atoms with van der Waals surface area (Å²) in [5.41, 5.74) is 2.77. The highest BCUT2D eigenvalue weighted by atomic mass is 16.7. The van der Waals surface area contributed by atoms with Gasteiger partial charge in [-0.3, -0.25) is 9.69 Å². The minimum absolute atomic E-state index is 0.0809. The first kappa shape index (κ1) is 21.4. The molecule has 1 amide bonds. The summed E-state index contributed by atoms with van der Waals surface area (Å²) < 4.78 is 18.2. The first-order valence-corrected chi connectivity index (χ1v) is 11.7. The van der Waals surface area contributed by atoms with Gasteiger partial charge in [0.2, 0.25) is 18.5 Å². The molecule has 9 heteroatoms. The maximum Gasteiger partial charge on any atom is 0.274 e. The van der Waals surface area contributed by atoms with Gasteiger partial charge in [-0.1, -0.05) is 35.5 Å². The monoisotopic (exact) mass is 471 g/mol. The van der Waals surface area contributed by atoms with E-state index < -0.39 is 0 Å². The Morgan fingerprint density at radius 2 is 1.74 bits per heavy atom. The zero-order valence-electron chi connectivity index (χ0n) is 19.2. The van der Waals surface area contributed by atoms with E-state index in [2.05, 4.69) is 39.3 Å². The Kier molecular flexibility index (Phi) is 5.67.